The van der Waals surface area contributed by atoms with Crippen LogP contribution in [0, 0.1) is 0 Å². The smallest absolute Gasteiger partial charge is 0.303 e. The van der Waals surface area contributed by atoms with E-state index in [9.17, 15) is 14.4 Å². The van der Waals surface area contributed by atoms with Gasteiger partial charge in [-0.25, -0.2) is 10.8 Å². The van der Waals surface area contributed by atoms with Crippen molar-refractivity contribution in [2.75, 3.05) is 11.9 Å². The van der Waals surface area contributed by atoms with Gasteiger partial charge in [-0.15, -0.1) is 0 Å². The number of carboxylic acids is 1. The maximum atomic E-state index is 12.2. The number of hydrogen-bond acceptors (Lipinski definition) is 5. The van der Waals surface area contributed by atoms with Gasteiger partial charge in [-0.3, -0.25) is 14.4 Å². The highest BCUT2D eigenvalue weighted by atomic mass is 16.4. The lowest BCUT2D eigenvalue weighted by molar-refractivity contribution is -0.137. The van der Waals surface area contributed by atoms with Crippen LogP contribution in [0.4, 0.5) is 11.4 Å². The number of carbonyl (C=O) groups excluding carboxylic acids is 2. The van der Waals surface area contributed by atoms with Crippen LogP contribution in [-0.4, -0.2) is 35.8 Å². The van der Waals surface area contributed by atoms with Crippen molar-refractivity contribution < 1.29 is 19.5 Å². The fourth-order valence-electron chi connectivity index (χ4n) is 2.36. The second-order valence-electron chi connectivity index (χ2n) is 5.80. The first-order valence-electron chi connectivity index (χ1n) is 8.45. The Morgan fingerprint density at radius 1 is 1.11 bits per heavy atom. The summed E-state index contributed by atoms with van der Waals surface area (Å²) < 4.78 is 0. The maximum Gasteiger partial charge on any atom is 0.303 e. The highest BCUT2D eigenvalue weighted by Crippen LogP contribution is 2.14. The van der Waals surface area contributed by atoms with Gasteiger partial charge >= 0.3 is 5.97 Å². The molecular weight excluding hydrogens is 362 g/mol. The van der Waals surface area contributed by atoms with E-state index in [4.69, 9.17) is 10.9 Å². The zero-order valence-electron chi connectivity index (χ0n) is 15.0. The molecule has 2 rings (SSSR count). The largest absolute Gasteiger partial charge is 0.481 e. The van der Waals surface area contributed by atoms with E-state index in [1.54, 1.807) is 48.5 Å². The molecule has 28 heavy (non-hydrogen) atoms. The van der Waals surface area contributed by atoms with Gasteiger partial charge in [-0.2, -0.15) is 0 Å². The molecule has 2 aromatic rings. The van der Waals surface area contributed by atoms with Crippen molar-refractivity contribution in [3.8, 4) is 0 Å². The number of nitrogens with one attached hydrogen (secondary N) is 3. The molecule has 0 saturated heterocycles. The quantitative estimate of drug-likeness (QED) is 0.190. The molecule has 0 aromatic heterocycles. The number of benzene rings is 2. The molecule has 2 amide bonds. The van der Waals surface area contributed by atoms with Crippen LogP contribution < -0.4 is 21.9 Å². The van der Waals surface area contributed by atoms with Gasteiger partial charge in [0.25, 0.3) is 5.91 Å². The van der Waals surface area contributed by atoms with Crippen LogP contribution in [0.1, 0.15) is 22.3 Å². The van der Waals surface area contributed by atoms with Crippen LogP contribution in [0.15, 0.2) is 53.5 Å². The number of nitrogens with two attached hydrogens (primary N) is 1. The number of hydrogen-bond donors (Lipinski definition) is 5. The summed E-state index contributed by atoms with van der Waals surface area (Å²) in [6.07, 6.45) is 1.67. The lowest BCUT2D eigenvalue weighted by Crippen LogP contribution is -2.32. The monoisotopic (exact) mass is 383 g/mol. The molecule has 0 atom stereocenters. The Morgan fingerprint density at radius 3 is 2.64 bits per heavy atom. The standard InChI is InChI=1S/C19H21N5O4/c20-23-12-22-15-5-2-4-14(10-15)19(28)21-11-17(25)24-16-6-1-3-13(9-16)7-8-18(26)27/h1-6,9-10,12H,7-8,11,20H2,(H,21,28)(H,22,23)(H,24,25)(H,26,27). The third-order valence-corrected chi connectivity index (χ3v) is 3.64. The van der Waals surface area contributed by atoms with Crippen molar-refractivity contribution in [2.45, 2.75) is 12.8 Å². The van der Waals surface area contributed by atoms with Gasteiger partial charge in [-0.05, 0) is 42.3 Å². The van der Waals surface area contributed by atoms with Gasteiger partial charge in [0.2, 0.25) is 5.91 Å². The minimum atomic E-state index is -0.883. The summed E-state index contributed by atoms with van der Waals surface area (Å²) in [7, 11) is 0. The molecule has 9 nitrogen and oxygen atoms in total. The third-order valence-electron chi connectivity index (χ3n) is 3.64. The topological polar surface area (TPSA) is 146 Å². The Hall–Kier alpha value is -3.72. The molecule has 6 N–H and O–H groups in total. The van der Waals surface area contributed by atoms with Crippen LogP contribution in [0.5, 0.6) is 0 Å². The highest BCUT2D eigenvalue weighted by Gasteiger charge is 2.09. The maximum absolute atomic E-state index is 12.2. The van der Waals surface area contributed by atoms with E-state index >= 15 is 0 Å². The fourth-order valence-corrected chi connectivity index (χ4v) is 2.36. The predicted octanol–water partition coefficient (Wildman–Crippen LogP) is 1.20. The van der Waals surface area contributed by atoms with Gasteiger partial charge in [-0.1, -0.05) is 18.2 Å². The molecule has 0 spiro atoms. The van der Waals surface area contributed by atoms with E-state index in [0.717, 1.165) is 5.56 Å². The average molecular weight is 383 g/mol. The van der Waals surface area contributed by atoms with Gasteiger partial charge in [0, 0.05) is 17.7 Å². The first kappa shape index (κ1) is 20.6. The molecule has 0 aliphatic heterocycles. The summed E-state index contributed by atoms with van der Waals surface area (Å²) in [4.78, 5) is 38.9. The average Bonchev–Trinajstić information content (AvgIpc) is 2.69. The summed E-state index contributed by atoms with van der Waals surface area (Å²) in [6.45, 7) is -0.212. The molecule has 2 aromatic carbocycles. The van der Waals surface area contributed by atoms with E-state index in [2.05, 4.69) is 21.1 Å². The van der Waals surface area contributed by atoms with E-state index in [1.807, 2.05) is 0 Å². The zero-order valence-corrected chi connectivity index (χ0v) is 15.0. The minimum absolute atomic E-state index is 0.0118. The molecule has 0 radical (unpaired) electrons. The van der Waals surface area contributed by atoms with Crippen molar-refractivity contribution in [3.63, 3.8) is 0 Å². The lowest BCUT2D eigenvalue weighted by atomic mass is 10.1. The summed E-state index contributed by atoms with van der Waals surface area (Å²) in [6, 6.07) is 13.5. The summed E-state index contributed by atoms with van der Waals surface area (Å²) in [5.41, 5.74) is 4.50. The van der Waals surface area contributed by atoms with E-state index in [1.165, 1.54) is 6.34 Å². The van der Waals surface area contributed by atoms with Crippen LogP contribution >= 0.6 is 0 Å². The molecule has 0 aliphatic rings. The number of nitrogens with zero attached hydrogens (tertiary/aromatic N) is 1. The van der Waals surface area contributed by atoms with E-state index in [0.29, 0.717) is 23.4 Å². The summed E-state index contributed by atoms with van der Waals surface area (Å²) in [5, 5.41) is 13.9. The van der Waals surface area contributed by atoms with Crippen molar-refractivity contribution in [1.82, 2.24) is 10.7 Å². The van der Waals surface area contributed by atoms with Gasteiger partial charge in [0.15, 0.2) is 0 Å². The molecule has 146 valence electrons. The number of rotatable bonds is 9. The van der Waals surface area contributed by atoms with Crippen molar-refractivity contribution in [3.05, 3.63) is 59.7 Å². The lowest BCUT2D eigenvalue weighted by Gasteiger charge is -2.09. The van der Waals surface area contributed by atoms with Gasteiger partial charge in [0.05, 0.1) is 12.2 Å². The molecule has 0 saturated carbocycles. The highest BCUT2D eigenvalue weighted by molar-refractivity contribution is 5.99. The Bertz CT molecular complexity index is 882. The number of aliphatic carboxylic acids is 1. The van der Waals surface area contributed by atoms with Crippen LogP contribution in [0.3, 0.4) is 0 Å². The number of amides is 2. The second-order valence-corrected chi connectivity index (χ2v) is 5.80. The summed E-state index contributed by atoms with van der Waals surface area (Å²) in [5.74, 6) is 3.41. The second kappa shape index (κ2) is 10.4. The normalized spacial score (nSPS) is 10.5. The number of hydrazine groups is 1. The Kier molecular flexibility index (Phi) is 7.67. The molecule has 9 heteroatoms. The van der Waals surface area contributed by atoms with Gasteiger partial charge in [0.1, 0.15) is 6.34 Å². The Balaban J connectivity index is 1.88. The van der Waals surface area contributed by atoms with E-state index in [-0.39, 0.29) is 13.0 Å². The molecule has 0 aliphatic carbocycles. The number of carbonyl (C=O) groups is 3. The number of carboxylic acid groups (broad SMARTS) is 1. The predicted molar refractivity (Wildman–Crippen MR) is 105 cm³/mol. The molecule has 0 bridgehead atoms. The molecule has 0 unspecified atom stereocenters. The van der Waals surface area contributed by atoms with Crippen LogP contribution in [-0.2, 0) is 16.0 Å². The van der Waals surface area contributed by atoms with Crippen molar-refractivity contribution in [1.29, 1.82) is 0 Å². The SMILES string of the molecule is NNC=Nc1cccc(C(=O)NCC(=O)Nc2cccc(CCC(=O)O)c2)c1. The molecule has 0 fully saturated rings. The van der Waals surface area contributed by atoms with Crippen molar-refractivity contribution >= 4 is 35.5 Å². The molecular formula is C19H21N5O4. The number of aryl methyl sites for hydroxylation is 1. The Morgan fingerprint density at radius 2 is 1.89 bits per heavy atom. The number of aliphatic imine (C=N–C) groups is 1. The third kappa shape index (κ3) is 6.89. The van der Waals surface area contributed by atoms with Gasteiger partial charge < -0.3 is 21.2 Å². The molecule has 0 heterocycles. The zero-order chi connectivity index (χ0) is 20.4. The van der Waals surface area contributed by atoms with Crippen LogP contribution in [0.2, 0.25) is 0 Å². The van der Waals surface area contributed by atoms with E-state index < -0.39 is 17.8 Å². The Labute approximate surface area is 161 Å². The first-order valence-corrected chi connectivity index (χ1v) is 8.45. The first-order chi connectivity index (χ1) is 13.5. The number of anilines is 1. The summed E-state index contributed by atoms with van der Waals surface area (Å²) >= 11 is 0. The van der Waals surface area contributed by atoms with Crippen LogP contribution in [0.25, 0.3) is 0 Å². The van der Waals surface area contributed by atoms with Crippen molar-refractivity contribution in [2.24, 2.45) is 10.8 Å². The minimum Gasteiger partial charge on any atom is -0.481 e. The fraction of sp³-hybridized carbons (Fsp3) is 0.158.